The predicted molar refractivity (Wildman–Crippen MR) is 281 cm³/mol. The molecule has 0 saturated carbocycles. The van der Waals surface area contributed by atoms with Crippen LogP contribution in [-0.2, 0) is 67.9 Å². The Labute approximate surface area is 453 Å². The van der Waals surface area contributed by atoms with Gasteiger partial charge < -0.3 is 38.4 Å². The average molecular weight is 1070 g/mol. The van der Waals surface area contributed by atoms with E-state index in [0.717, 1.165) is 30.2 Å². The monoisotopic (exact) mass is 1070 g/mol. The maximum Gasteiger partial charge on any atom is 0.421 e. The number of esters is 3. The van der Waals surface area contributed by atoms with Gasteiger partial charge in [0.2, 0.25) is 11.8 Å². The van der Waals surface area contributed by atoms with Gasteiger partial charge in [0.05, 0.1) is 57.1 Å². The third-order valence-electron chi connectivity index (χ3n) is 15.2. The first-order valence-corrected chi connectivity index (χ1v) is 25.2. The van der Waals surface area contributed by atoms with Crippen molar-refractivity contribution in [3.8, 4) is 29.1 Å². The van der Waals surface area contributed by atoms with Crippen LogP contribution in [0.5, 0.6) is 17.2 Å². The van der Waals surface area contributed by atoms with Crippen LogP contribution in [0.15, 0.2) is 140 Å². The van der Waals surface area contributed by atoms with Gasteiger partial charge in [0.25, 0.3) is 5.69 Å². The van der Waals surface area contributed by atoms with Crippen LogP contribution in [0.25, 0.3) is 0 Å². The van der Waals surface area contributed by atoms with Crippen molar-refractivity contribution < 1.29 is 67.2 Å². The lowest BCUT2D eigenvalue weighted by atomic mass is 9.64. The number of nitrogens with zero attached hydrogens (tertiary/aromatic N) is 4. The third-order valence-corrected chi connectivity index (χ3v) is 15.2. The largest absolute Gasteiger partial charge is 0.508 e. The molecular formula is C60H52N4O15. The first-order chi connectivity index (χ1) is 38.2. The van der Waals surface area contributed by atoms with Crippen LogP contribution in [0.3, 0.4) is 0 Å². The lowest BCUT2D eigenvalue weighted by molar-refractivity contribution is -0.384. The van der Waals surface area contributed by atoms with Crippen molar-refractivity contribution in [3.05, 3.63) is 194 Å². The zero-order chi connectivity index (χ0) is 55.7. The van der Waals surface area contributed by atoms with Gasteiger partial charge in [-0.15, -0.1) is 0 Å². The summed E-state index contributed by atoms with van der Waals surface area (Å²) in [5, 5.41) is 22.4. The Balaban J connectivity index is 1.23. The Morgan fingerprint density at radius 2 is 1.41 bits per heavy atom. The minimum atomic E-state index is -2.26. The number of hydrogen-bond donors (Lipinski definition) is 1. The molecule has 4 aliphatic heterocycles. The normalized spacial score (nSPS) is 20.9. The maximum atomic E-state index is 16.8. The molecule has 6 unspecified atom stereocenters. The fourth-order valence-electron chi connectivity index (χ4n) is 11.6. The highest BCUT2D eigenvalue weighted by molar-refractivity contribution is 6.23. The van der Waals surface area contributed by atoms with E-state index in [1.54, 1.807) is 29.2 Å². The van der Waals surface area contributed by atoms with Gasteiger partial charge >= 0.3 is 24.0 Å². The number of benzene rings is 6. The molecule has 402 valence electrons. The Morgan fingerprint density at radius 3 is 2.03 bits per heavy atom. The highest BCUT2D eigenvalue weighted by Crippen LogP contribution is 2.66. The molecular weight excluding hydrogens is 1020 g/mol. The Kier molecular flexibility index (Phi) is 14.6. The summed E-state index contributed by atoms with van der Waals surface area (Å²) in [5.74, 6) is -0.584. The molecule has 6 aromatic rings. The number of hydrogen-bond acceptors (Lipinski definition) is 16. The topological polar surface area (TPSA) is 231 Å². The van der Waals surface area contributed by atoms with Gasteiger partial charge in [0.1, 0.15) is 29.9 Å². The van der Waals surface area contributed by atoms with Crippen molar-refractivity contribution in [1.82, 2.24) is 9.80 Å². The Hall–Kier alpha value is -9.54. The molecule has 2 fully saturated rings. The van der Waals surface area contributed by atoms with E-state index in [-0.39, 0.29) is 47.8 Å². The number of nitro benzene ring substituents is 1. The van der Waals surface area contributed by atoms with Crippen molar-refractivity contribution in [3.63, 3.8) is 0 Å². The number of ether oxygens (including phenoxy) is 6. The van der Waals surface area contributed by atoms with Crippen molar-refractivity contribution in [2.45, 2.75) is 55.6 Å². The quantitative estimate of drug-likeness (QED) is 0.0310. The molecule has 0 aromatic heterocycles. The summed E-state index contributed by atoms with van der Waals surface area (Å²) < 4.78 is 33.5. The second-order valence-electron chi connectivity index (χ2n) is 19.3. The van der Waals surface area contributed by atoms with Crippen LogP contribution in [0.1, 0.15) is 69.1 Å². The number of amides is 3. The van der Waals surface area contributed by atoms with E-state index >= 15 is 19.2 Å². The number of nitro groups is 1. The molecule has 0 bridgehead atoms. The predicted octanol–water partition coefficient (Wildman–Crippen LogP) is 7.61. The maximum absolute atomic E-state index is 16.8. The smallest absolute Gasteiger partial charge is 0.421 e. The molecule has 1 N–H and O–H groups in total. The van der Waals surface area contributed by atoms with E-state index in [1.807, 2.05) is 71.6 Å². The number of rotatable bonds is 12. The van der Waals surface area contributed by atoms with Crippen LogP contribution in [0.2, 0.25) is 0 Å². The van der Waals surface area contributed by atoms with Crippen molar-refractivity contribution in [1.29, 1.82) is 0 Å². The molecule has 0 radical (unpaired) electrons. The van der Waals surface area contributed by atoms with Crippen LogP contribution >= 0.6 is 0 Å². The molecule has 4 heterocycles. The third kappa shape index (κ3) is 9.39. The van der Waals surface area contributed by atoms with Gasteiger partial charge in [-0.2, -0.15) is 0 Å². The number of imide groups is 1. The highest BCUT2D eigenvalue weighted by atomic mass is 16.6. The van der Waals surface area contributed by atoms with E-state index in [2.05, 4.69) is 11.8 Å². The van der Waals surface area contributed by atoms with Crippen LogP contribution in [0, 0.1) is 33.8 Å². The van der Waals surface area contributed by atoms with Crippen molar-refractivity contribution in [2.75, 3.05) is 39.9 Å². The van der Waals surface area contributed by atoms with Crippen LogP contribution in [-0.4, -0.2) is 96.7 Å². The molecule has 3 amide bonds. The van der Waals surface area contributed by atoms with Crippen LogP contribution in [0.4, 0.5) is 16.2 Å². The summed E-state index contributed by atoms with van der Waals surface area (Å²) >= 11 is 0. The van der Waals surface area contributed by atoms with E-state index < -0.39 is 88.8 Å². The van der Waals surface area contributed by atoms with E-state index in [4.69, 9.17) is 28.4 Å². The molecule has 6 atom stereocenters. The Bertz CT molecular complexity index is 3440. The number of phenols is 1. The van der Waals surface area contributed by atoms with Gasteiger partial charge in [-0.3, -0.25) is 39.0 Å². The zero-order valence-corrected chi connectivity index (χ0v) is 43.2. The SMILES string of the molecule is COC(=O)C(CC#Cc1ccc2c(c1)C1(C(=O)N2C(=O)OCc2ccc([N+](=O)[O-])cc2)C(C(=O)N2CCc3cc(OC)c(OC)cc3C2)C2C(=O)OC(c3ccccc3)C(c3ccccc3)N2C1c1ccc(O)cc1)C(=O)OC. The van der Waals surface area contributed by atoms with Crippen molar-refractivity contribution >= 4 is 47.2 Å². The van der Waals surface area contributed by atoms with Gasteiger partial charge in [-0.25, -0.2) is 9.69 Å². The number of phenolic OH excluding ortho intramolecular Hbond substituents is 1. The molecule has 1 spiro atoms. The van der Waals surface area contributed by atoms with Gasteiger partial charge in [0, 0.05) is 37.2 Å². The number of carbonyl (C=O) groups is 6. The van der Waals surface area contributed by atoms with Gasteiger partial charge in [-0.05, 0) is 100.0 Å². The highest BCUT2D eigenvalue weighted by Gasteiger charge is 2.76. The Morgan fingerprint density at radius 1 is 0.772 bits per heavy atom. The fourth-order valence-corrected chi connectivity index (χ4v) is 11.6. The van der Waals surface area contributed by atoms with Gasteiger partial charge in [-0.1, -0.05) is 84.6 Å². The van der Waals surface area contributed by atoms with E-state index in [9.17, 15) is 24.8 Å². The number of anilines is 1. The zero-order valence-electron chi connectivity index (χ0n) is 43.2. The number of methoxy groups -OCH3 is 4. The molecule has 6 aromatic carbocycles. The second-order valence-corrected chi connectivity index (χ2v) is 19.3. The average Bonchev–Trinajstić information content (AvgIpc) is 2.30. The summed E-state index contributed by atoms with van der Waals surface area (Å²) in [4.78, 5) is 105. The molecule has 79 heavy (non-hydrogen) atoms. The molecule has 19 heteroatoms. The summed E-state index contributed by atoms with van der Waals surface area (Å²) in [6.07, 6.45) is -2.20. The standard InChI is InChI=1S/C60H52N4O15/c1-74-47-31-40-28-29-61(33-41(40)32-48(47)75-2)54(66)49-51-57(69)79-52(38-15-9-6-10-16-38)50(37-13-7-5-8-14-37)63(51)53(39-21-25-43(65)26-22-39)60(49)45-30-35(12-11-17-44(55(67)76-3)56(68)77-4)20-27-46(45)62(58(60)70)59(71)78-34-36-18-23-42(24-19-36)64(72)73/h5-10,13-16,18-27,30-32,44,49-53,65H,17,28-29,33-34H2,1-4H3. The van der Waals surface area contributed by atoms with E-state index in [1.165, 1.54) is 62.8 Å². The molecule has 2 saturated heterocycles. The van der Waals surface area contributed by atoms with Gasteiger partial charge in [0.15, 0.2) is 17.4 Å². The lowest BCUT2D eigenvalue weighted by Gasteiger charge is -2.46. The number of carbonyl (C=O) groups excluding carboxylic acids is 6. The minimum Gasteiger partial charge on any atom is -0.508 e. The number of morpholine rings is 1. The summed E-state index contributed by atoms with van der Waals surface area (Å²) in [5.41, 5.74) is 1.45. The molecule has 19 nitrogen and oxygen atoms in total. The summed E-state index contributed by atoms with van der Waals surface area (Å²) in [6.45, 7) is -0.296. The lowest BCUT2D eigenvalue weighted by Crippen LogP contribution is -2.57. The molecule has 10 rings (SSSR count). The second kappa shape index (κ2) is 21.8. The number of non-ortho nitro benzene ring substituents is 1. The fraction of sp³-hybridized carbons (Fsp3) is 0.267. The van der Waals surface area contributed by atoms with E-state index in [0.29, 0.717) is 40.2 Å². The first-order valence-electron chi connectivity index (χ1n) is 25.2. The minimum absolute atomic E-state index is 0.0105. The molecule has 0 aliphatic carbocycles. The number of fused-ring (bicyclic) bond motifs is 4. The summed E-state index contributed by atoms with van der Waals surface area (Å²) in [7, 11) is 5.27. The van der Waals surface area contributed by atoms with Crippen molar-refractivity contribution in [2.24, 2.45) is 11.8 Å². The first kappa shape index (κ1) is 52.9. The number of aromatic hydroxyl groups is 1. The molecule has 4 aliphatic rings. The number of cyclic esters (lactones) is 1. The summed E-state index contributed by atoms with van der Waals surface area (Å²) in [6, 6.07) is 34.1. The van der Waals surface area contributed by atoms with Crippen LogP contribution < -0.4 is 14.4 Å².